The zero-order valence-corrected chi connectivity index (χ0v) is 18.3. The molecule has 1 atom stereocenters. The highest BCUT2D eigenvalue weighted by Gasteiger charge is 2.13. The van der Waals surface area contributed by atoms with Crippen molar-refractivity contribution in [2.75, 3.05) is 6.54 Å². The van der Waals surface area contributed by atoms with Gasteiger partial charge in [-0.05, 0) is 60.1 Å². The summed E-state index contributed by atoms with van der Waals surface area (Å²) in [6.45, 7) is 11.1. The van der Waals surface area contributed by atoms with E-state index in [0.717, 1.165) is 6.42 Å². The molecule has 2 aromatic carbocycles. The van der Waals surface area contributed by atoms with E-state index in [4.69, 9.17) is 0 Å². The molecule has 4 heteroatoms. The van der Waals surface area contributed by atoms with Crippen LogP contribution in [-0.4, -0.2) is 24.4 Å². The fourth-order valence-corrected chi connectivity index (χ4v) is 3.15. The number of carbonyl (C=O) groups excluding carboxylic acids is 2. The minimum absolute atomic E-state index is 0.0240. The Bertz CT molecular complexity index is 793. The Morgan fingerprint density at radius 2 is 1.21 bits per heavy atom. The minimum atomic E-state index is -0.0780. The van der Waals surface area contributed by atoms with E-state index in [-0.39, 0.29) is 17.9 Å². The molecule has 0 aliphatic rings. The molecule has 0 fully saturated rings. The molecule has 156 valence electrons. The van der Waals surface area contributed by atoms with Crippen LogP contribution in [0.25, 0.3) is 0 Å². The van der Waals surface area contributed by atoms with Gasteiger partial charge in [0, 0.05) is 23.7 Å². The average Bonchev–Trinajstić information content (AvgIpc) is 2.72. The predicted molar refractivity (Wildman–Crippen MR) is 120 cm³/mol. The highest BCUT2D eigenvalue weighted by molar-refractivity contribution is 5.95. The van der Waals surface area contributed by atoms with E-state index >= 15 is 0 Å². The van der Waals surface area contributed by atoms with Crippen LogP contribution in [0, 0.1) is 0 Å². The Morgan fingerprint density at radius 1 is 0.759 bits per heavy atom. The van der Waals surface area contributed by atoms with Gasteiger partial charge in [0.25, 0.3) is 11.8 Å². The van der Waals surface area contributed by atoms with E-state index in [1.807, 2.05) is 55.5 Å². The molecule has 2 rings (SSSR count). The molecule has 2 N–H and O–H groups in total. The van der Waals surface area contributed by atoms with Crippen molar-refractivity contribution in [3.63, 3.8) is 0 Å². The minimum Gasteiger partial charge on any atom is -0.352 e. The standard InChI is InChI=1S/C25H34N2O2/c1-6-23(27-25(29)22-13-9-20(10-14-22)18(4)5)15-16-26-24(28)21-11-7-19(8-12-21)17(2)3/h7-14,17-18,23H,6,15-16H2,1-5H3,(H,26,28)(H,27,29). The summed E-state index contributed by atoms with van der Waals surface area (Å²) in [6.07, 6.45) is 1.51. The van der Waals surface area contributed by atoms with Gasteiger partial charge >= 0.3 is 0 Å². The van der Waals surface area contributed by atoms with E-state index in [0.29, 0.717) is 35.9 Å². The molecular weight excluding hydrogens is 360 g/mol. The van der Waals surface area contributed by atoms with Crippen molar-refractivity contribution in [1.29, 1.82) is 0 Å². The average molecular weight is 395 g/mol. The topological polar surface area (TPSA) is 58.2 Å². The lowest BCUT2D eigenvalue weighted by Crippen LogP contribution is -2.37. The van der Waals surface area contributed by atoms with E-state index in [9.17, 15) is 9.59 Å². The van der Waals surface area contributed by atoms with E-state index in [2.05, 4.69) is 38.3 Å². The molecule has 0 spiro atoms. The van der Waals surface area contributed by atoms with Crippen molar-refractivity contribution in [2.45, 2.75) is 65.3 Å². The summed E-state index contributed by atoms with van der Waals surface area (Å²) in [5.74, 6) is 0.747. The Balaban J connectivity index is 1.83. The van der Waals surface area contributed by atoms with Crippen molar-refractivity contribution >= 4 is 11.8 Å². The van der Waals surface area contributed by atoms with Crippen LogP contribution in [0.5, 0.6) is 0 Å². The zero-order valence-electron chi connectivity index (χ0n) is 18.3. The maximum absolute atomic E-state index is 12.5. The lowest BCUT2D eigenvalue weighted by atomic mass is 10.0. The second-order valence-electron chi connectivity index (χ2n) is 8.18. The van der Waals surface area contributed by atoms with Gasteiger partial charge in [-0.2, -0.15) is 0 Å². The Labute approximate surface area is 175 Å². The third-order valence-electron chi connectivity index (χ3n) is 5.29. The molecule has 0 saturated heterocycles. The van der Waals surface area contributed by atoms with Gasteiger partial charge in [0.15, 0.2) is 0 Å². The van der Waals surface area contributed by atoms with Gasteiger partial charge < -0.3 is 10.6 Å². The fourth-order valence-electron chi connectivity index (χ4n) is 3.15. The van der Waals surface area contributed by atoms with Gasteiger partial charge in [-0.1, -0.05) is 58.9 Å². The van der Waals surface area contributed by atoms with Gasteiger partial charge in [0.1, 0.15) is 0 Å². The quantitative estimate of drug-likeness (QED) is 0.609. The molecule has 0 bridgehead atoms. The maximum Gasteiger partial charge on any atom is 0.251 e. The SMILES string of the molecule is CCC(CCNC(=O)c1ccc(C(C)C)cc1)NC(=O)c1ccc(C(C)C)cc1. The largest absolute Gasteiger partial charge is 0.352 e. The highest BCUT2D eigenvalue weighted by Crippen LogP contribution is 2.16. The lowest BCUT2D eigenvalue weighted by Gasteiger charge is -2.18. The zero-order chi connectivity index (χ0) is 21.4. The molecule has 0 aliphatic carbocycles. The highest BCUT2D eigenvalue weighted by atomic mass is 16.2. The van der Waals surface area contributed by atoms with Crippen molar-refractivity contribution < 1.29 is 9.59 Å². The summed E-state index contributed by atoms with van der Waals surface area (Å²) in [7, 11) is 0. The van der Waals surface area contributed by atoms with Gasteiger partial charge in [-0.25, -0.2) is 0 Å². The van der Waals surface area contributed by atoms with E-state index in [1.165, 1.54) is 11.1 Å². The monoisotopic (exact) mass is 394 g/mol. The first-order valence-corrected chi connectivity index (χ1v) is 10.6. The summed E-state index contributed by atoms with van der Waals surface area (Å²) in [4.78, 5) is 24.8. The van der Waals surface area contributed by atoms with Crippen LogP contribution in [0.15, 0.2) is 48.5 Å². The molecule has 29 heavy (non-hydrogen) atoms. The number of nitrogens with one attached hydrogen (secondary N) is 2. The van der Waals surface area contributed by atoms with Crippen LogP contribution in [-0.2, 0) is 0 Å². The van der Waals surface area contributed by atoms with E-state index in [1.54, 1.807) is 0 Å². The second-order valence-corrected chi connectivity index (χ2v) is 8.18. The van der Waals surface area contributed by atoms with Crippen LogP contribution in [0.3, 0.4) is 0 Å². The Kier molecular flexibility index (Phi) is 8.44. The first-order chi connectivity index (χ1) is 13.8. The molecule has 2 aromatic rings. The summed E-state index contributed by atoms with van der Waals surface area (Å²) >= 11 is 0. The van der Waals surface area contributed by atoms with Crippen LogP contribution in [0.2, 0.25) is 0 Å². The van der Waals surface area contributed by atoms with Crippen LogP contribution >= 0.6 is 0 Å². The van der Waals surface area contributed by atoms with Crippen molar-refractivity contribution in [3.8, 4) is 0 Å². The van der Waals surface area contributed by atoms with Gasteiger partial charge in [-0.15, -0.1) is 0 Å². The normalized spacial score (nSPS) is 12.1. The van der Waals surface area contributed by atoms with Gasteiger partial charge in [0.05, 0.1) is 0 Å². The third kappa shape index (κ3) is 6.74. The first kappa shape index (κ1) is 22.7. The van der Waals surface area contributed by atoms with Crippen molar-refractivity contribution in [3.05, 3.63) is 70.8 Å². The number of amides is 2. The summed E-state index contributed by atoms with van der Waals surface area (Å²) in [6, 6.07) is 15.5. The van der Waals surface area contributed by atoms with Gasteiger partial charge in [-0.3, -0.25) is 9.59 Å². The molecule has 0 heterocycles. The summed E-state index contributed by atoms with van der Waals surface area (Å²) in [5.41, 5.74) is 3.77. The molecule has 0 aliphatic heterocycles. The van der Waals surface area contributed by atoms with Crippen molar-refractivity contribution in [2.24, 2.45) is 0 Å². The maximum atomic E-state index is 12.5. The lowest BCUT2D eigenvalue weighted by molar-refractivity contribution is 0.0932. The van der Waals surface area contributed by atoms with Crippen LogP contribution < -0.4 is 10.6 Å². The number of hydrogen-bond donors (Lipinski definition) is 2. The number of rotatable bonds is 9. The molecule has 1 unspecified atom stereocenters. The van der Waals surface area contributed by atoms with Crippen LogP contribution in [0.1, 0.15) is 91.1 Å². The number of benzene rings is 2. The van der Waals surface area contributed by atoms with Gasteiger partial charge in [0.2, 0.25) is 0 Å². The second kappa shape index (κ2) is 10.8. The summed E-state index contributed by atoms with van der Waals surface area (Å²) < 4.78 is 0. The van der Waals surface area contributed by atoms with E-state index < -0.39 is 0 Å². The molecular formula is C25H34N2O2. The number of hydrogen-bond acceptors (Lipinski definition) is 2. The molecule has 4 nitrogen and oxygen atoms in total. The first-order valence-electron chi connectivity index (χ1n) is 10.6. The number of carbonyl (C=O) groups is 2. The smallest absolute Gasteiger partial charge is 0.251 e. The Hall–Kier alpha value is -2.62. The van der Waals surface area contributed by atoms with Crippen molar-refractivity contribution in [1.82, 2.24) is 10.6 Å². The third-order valence-corrected chi connectivity index (χ3v) is 5.29. The Morgan fingerprint density at radius 3 is 1.62 bits per heavy atom. The molecule has 0 aromatic heterocycles. The fraction of sp³-hybridized carbons (Fsp3) is 0.440. The molecule has 0 saturated carbocycles. The molecule has 2 amide bonds. The van der Waals surface area contributed by atoms with Crippen LogP contribution in [0.4, 0.5) is 0 Å². The molecule has 0 radical (unpaired) electrons. The predicted octanol–water partition coefficient (Wildman–Crippen LogP) is 5.26. The summed E-state index contributed by atoms with van der Waals surface area (Å²) in [5, 5.41) is 6.03.